The summed E-state index contributed by atoms with van der Waals surface area (Å²) in [4.78, 5) is 4.36. The van der Waals surface area contributed by atoms with E-state index in [1.54, 1.807) is 0 Å². The third kappa shape index (κ3) is 1.34. The molecular weight excluding hydrogens is 186 g/mol. The Morgan fingerprint density at radius 1 is 1.00 bits per heavy atom. The Kier molecular flexibility index (Phi) is 1.82. The highest BCUT2D eigenvalue weighted by molar-refractivity contribution is 5.36. The molecule has 1 aliphatic heterocycles. The second kappa shape index (κ2) is 3.17. The topological polar surface area (TPSA) is 25.4 Å². The van der Waals surface area contributed by atoms with Crippen LogP contribution in [0.4, 0.5) is 0 Å². The molecule has 1 unspecified atom stereocenters. The van der Waals surface area contributed by atoms with E-state index >= 15 is 0 Å². The van der Waals surface area contributed by atoms with Crippen LogP contribution in [0.2, 0.25) is 0 Å². The van der Waals surface area contributed by atoms with Crippen LogP contribution in [-0.2, 0) is 10.3 Å². The van der Waals surface area contributed by atoms with Gasteiger partial charge in [0.25, 0.3) is 0 Å². The van der Waals surface area contributed by atoms with Gasteiger partial charge in [-0.3, -0.25) is 4.98 Å². The first-order valence-electron chi connectivity index (χ1n) is 5.03. The third-order valence-electron chi connectivity index (χ3n) is 2.75. The minimum Gasteiger partial charge on any atom is -0.358 e. The van der Waals surface area contributed by atoms with Gasteiger partial charge in [0.05, 0.1) is 12.3 Å². The smallest absolute Gasteiger partial charge is 0.158 e. The molecule has 1 atom stereocenters. The van der Waals surface area contributed by atoms with Gasteiger partial charge in [-0.25, -0.2) is 0 Å². The molecule has 0 N–H and O–H groups in total. The summed E-state index contributed by atoms with van der Waals surface area (Å²) in [6.45, 7) is 0.730. The molecule has 0 aliphatic carbocycles. The van der Waals surface area contributed by atoms with Gasteiger partial charge >= 0.3 is 0 Å². The highest BCUT2D eigenvalue weighted by atomic mass is 16.6. The normalized spacial score (nSPS) is 23.7. The average molecular weight is 197 g/mol. The lowest BCUT2D eigenvalue weighted by Gasteiger charge is -2.10. The Morgan fingerprint density at radius 3 is 2.33 bits per heavy atom. The second-order valence-electron chi connectivity index (χ2n) is 3.70. The zero-order chi connectivity index (χ0) is 10.1. The van der Waals surface area contributed by atoms with E-state index in [1.807, 2.05) is 42.6 Å². The number of hydrogen-bond acceptors (Lipinski definition) is 2. The molecule has 2 heteroatoms. The van der Waals surface area contributed by atoms with Gasteiger partial charge in [-0.2, -0.15) is 0 Å². The van der Waals surface area contributed by atoms with Crippen LogP contribution in [0.5, 0.6) is 0 Å². The molecule has 1 fully saturated rings. The molecular formula is C13H11NO. The molecule has 2 heterocycles. The minimum absolute atomic E-state index is 0.275. The van der Waals surface area contributed by atoms with Crippen molar-refractivity contribution >= 4 is 0 Å². The standard InChI is InChI=1S/C13H11NO/c1-2-6-11(7-3-1)13(10-15-13)12-8-4-5-9-14-12/h1-9H,10H2. The Hall–Kier alpha value is -1.67. The molecule has 74 valence electrons. The Morgan fingerprint density at radius 2 is 1.73 bits per heavy atom. The number of hydrogen-bond donors (Lipinski definition) is 0. The predicted molar refractivity (Wildman–Crippen MR) is 57.4 cm³/mol. The van der Waals surface area contributed by atoms with Crippen molar-refractivity contribution in [3.8, 4) is 0 Å². The fourth-order valence-electron chi connectivity index (χ4n) is 1.84. The Labute approximate surface area is 88.5 Å². The van der Waals surface area contributed by atoms with Crippen molar-refractivity contribution in [3.05, 3.63) is 66.0 Å². The maximum absolute atomic E-state index is 5.61. The van der Waals surface area contributed by atoms with Crippen molar-refractivity contribution < 1.29 is 4.74 Å². The molecule has 0 spiro atoms. The highest BCUT2D eigenvalue weighted by Crippen LogP contribution is 2.43. The molecule has 1 saturated heterocycles. The van der Waals surface area contributed by atoms with Gasteiger partial charge in [0, 0.05) is 6.20 Å². The van der Waals surface area contributed by atoms with Gasteiger partial charge < -0.3 is 4.74 Å². The third-order valence-corrected chi connectivity index (χ3v) is 2.75. The Bertz CT molecular complexity index is 407. The Balaban J connectivity index is 2.06. The van der Waals surface area contributed by atoms with Crippen molar-refractivity contribution in [2.24, 2.45) is 0 Å². The van der Waals surface area contributed by atoms with E-state index < -0.39 is 0 Å². The zero-order valence-corrected chi connectivity index (χ0v) is 8.26. The van der Waals surface area contributed by atoms with Crippen LogP contribution in [0, 0.1) is 0 Å². The molecule has 1 aromatic carbocycles. The molecule has 1 aromatic heterocycles. The largest absolute Gasteiger partial charge is 0.358 e. The van der Waals surface area contributed by atoms with Crippen LogP contribution < -0.4 is 0 Å². The first-order valence-corrected chi connectivity index (χ1v) is 5.03. The number of benzene rings is 1. The minimum atomic E-state index is -0.275. The molecule has 0 saturated carbocycles. The number of rotatable bonds is 2. The summed E-state index contributed by atoms with van der Waals surface area (Å²) in [5, 5.41) is 0. The number of pyridine rings is 1. The van der Waals surface area contributed by atoms with Gasteiger partial charge in [-0.05, 0) is 17.7 Å². The quantitative estimate of drug-likeness (QED) is 0.690. The predicted octanol–water partition coefficient (Wildman–Crippen LogP) is 2.36. The van der Waals surface area contributed by atoms with Crippen LogP contribution in [0.25, 0.3) is 0 Å². The van der Waals surface area contributed by atoms with Crippen molar-refractivity contribution in [1.29, 1.82) is 0 Å². The van der Waals surface area contributed by atoms with E-state index in [1.165, 1.54) is 5.56 Å². The van der Waals surface area contributed by atoms with Gasteiger partial charge in [-0.1, -0.05) is 36.4 Å². The maximum Gasteiger partial charge on any atom is 0.158 e. The first-order chi connectivity index (χ1) is 7.42. The van der Waals surface area contributed by atoms with Crippen molar-refractivity contribution in [3.63, 3.8) is 0 Å². The lowest BCUT2D eigenvalue weighted by Crippen LogP contribution is -2.12. The van der Waals surface area contributed by atoms with Crippen LogP contribution >= 0.6 is 0 Å². The van der Waals surface area contributed by atoms with Crippen LogP contribution in [0.3, 0.4) is 0 Å². The molecule has 3 rings (SSSR count). The van der Waals surface area contributed by atoms with E-state index in [2.05, 4.69) is 17.1 Å². The van der Waals surface area contributed by atoms with Crippen molar-refractivity contribution in [2.75, 3.05) is 6.61 Å². The lowest BCUT2D eigenvalue weighted by atomic mass is 9.96. The molecule has 2 aromatic rings. The monoisotopic (exact) mass is 197 g/mol. The first kappa shape index (κ1) is 8.62. The fourth-order valence-corrected chi connectivity index (χ4v) is 1.84. The number of ether oxygens (including phenoxy) is 1. The SMILES string of the molecule is c1ccc(C2(c3ccccn3)CO2)cc1. The van der Waals surface area contributed by atoms with Crippen LogP contribution in [0.1, 0.15) is 11.3 Å². The van der Waals surface area contributed by atoms with Gasteiger partial charge in [0.15, 0.2) is 5.60 Å². The van der Waals surface area contributed by atoms with Crippen molar-refractivity contribution in [1.82, 2.24) is 4.98 Å². The molecule has 1 aliphatic rings. The molecule has 2 nitrogen and oxygen atoms in total. The summed E-state index contributed by atoms with van der Waals surface area (Å²) >= 11 is 0. The van der Waals surface area contributed by atoms with Gasteiger partial charge in [0.2, 0.25) is 0 Å². The van der Waals surface area contributed by atoms with Crippen LogP contribution in [-0.4, -0.2) is 11.6 Å². The summed E-state index contributed by atoms with van der Waals surface area (Å²) in [5.74, 6) is 0. The summed E-state index contributed by atoms with van der Waals surface area (Å²) in [6.07, 6.45) is 1.81. The maximum atomic E-state index is 5.61. The van der Waals surface area contributed by atoms with Gasteiger partial charge in [0.1, 0.15) is 0 Å². The van der Waals surface area contributed by atoms with E-state index in [4.69, 9.17) is 4.74 Å². The lowest BCUT2D eigenvalue weighted by molar-refractivity contribution is 0.343. The molecule has 0 bridgehead atoms. The van der Waals surface area contributed by atoms with E-state index in [-0.39, 0.29) is 5.60 Å². The highest BCUT2D eigenvalue weighted by Gasteiger charge is 2.49. The summed E-state index contributed by atoms with van der Waals surface area (Å²) in [7, 11) is 0. The number of aromatic nitrogens is 1. The van der Waals surface area contributed by atoms with Crippen LogP contribution in [0.15, 0.2) is 54.7 Å². The fraction of sp³-hybridized carbons (Fsp3) is 0.154. The van der Waals surface area contributed by atoms with E-state index in [0.29, 0.717) is 0 Å². The average Bonchev–Trinajstić information content (AvgIpc) is 3.13. The molecule has 15 heavy (non-hydrogen) atoms. The van der Waals surface area contributed by atoms with Gasteiger partial charge in [-0.15, -0.1) is 0 Å². The number of epoxide rings is 1. The summed E-state index contributed by atoms with van der Waals surface area (Å²) < 4.78 is 5.61. The molecule has 0 radical (unpaired) electrons. The summed E-state index contributed by atoms with van der Waals surface area (Å²) in [6, 6.07) is 16.2. The number of nitrogens with zero attached hydrogens (tertiary/aromatic N) is 1. The zero-order valence-electron chi connectivity index (χ0n) is 8.26. The van der Waals surface area contributed by atoms with E-state index in [9.17, 15) is 0 Å². The van der Waals surface area contributed by atoms with Crippen molar-refractivity contribution in [2.45, 2.75) is 5.60 Å². The summed E-state index contributed by atoms with van der Waals surface area (Å²) in [5.41, 5.74) is 1.91. The molecule has 0 amide bonds. The second-order valence-corrected chi connectivity index (χ2v) is 3.70. The van der Waals surface area contributed by atoms with E-state index in [0.717, 1.165) is 12.3 Å².